The van der Waals surface area contributed by atoms with E-state index in [9.17, 15) is 9.59 Å². The maximum absolute atomic E-state index is 12.9. The molecule has 1 saturated carbocycles. The first kappa shape index (κ1) is 16.5. The highest BCUT2D eigenvalue weighted by Gasteiger charge is 2.37. The van der Waals surface area contributed by atoms with Crippen molar-refractivity contribution in [1.29, 1.82) is 0 Å². The number of anilines is 1. The Bertz CT molecular complexity index is 636. The summed E-state index contributed by atoms with van der Waals surface area (Å²) in [7, 11) is 0. The molecule has 0 bridgehead atoms. The standard InChI is InChI=1S/C18H23N3O3/c1-2-24-18(23)14-12-21(15-10-6-7-11-19-15)17(22)16(14)20-13-8-4-3-5-9-13/h6-7,10-11,13,20H,2-5,8-9,12H2,1H3. The lowest BCUT2D eigenvalue weighted by molar-refractivity contribution is -0.138. The zero-order valence-corrected chi connectivity index (χ0v) is 14.0. The number of nitrogens with zero attached hydrogens (tertiary/aromatic N) is 2. The Morgan fingerprint density at radius 1 is 1.33 bits per heavy atom. The van der Waals surface area contributed by atoms with Crippen LogP contribution in [0.5, 0.6) is 0 Å². The smallest absolute Gasteiger partial charge is 0.338 e. The van der Waals surface area contributed by atoms with Crippen LogP contribution >= 0.6 is 0 Å². The second kappa shape index (κ2) is 7.47. The van der Waals surface area contributed by atoms with Crippen molar-refractivity contribution < 1.29 is 14.3 Å². The van der Waals surface area contributed by atoms with Gasteiger partial charge in [0, 0.05) is 12.2 Å². The summed E-state index contributed by atoms with van der Waals surface area (Å²) in [4.78, 5) is 30.9. The SMILES string of the molecule is CCOC(=O)C1=C(NC2CCCCC2)C(=O)N(c2ccccn2)C1. The molecule has 1 aromatic rings. The van der Waals surface area contributed by atoms with Gasteiger partial charge in [-0.1, -0.05) is 25.3 Å². The van der Waals surface area contributed by atoms with E-state index in [1.165, 1.54) is 11.3 Å². The van der Waals surface area contributed by atoms with Crippen molar-refractivity contribution in [3.63, 3.8) is 0 Å². The minimum absolute atomic E-state index is 0.198. The van der Waals surface area contributed by atoms with E-state index in [1.807, 2.05) is 6.07 Å². The fourth-order valence-electron chi connectivity index (χ4n) is 3.26. The van der Waals surface area contributed by atoms with Crippen molar-refractivity contribution in [2.45, 2.75) is 45.1 Å². The lowest BCUT2D eigenvalue weighted by Gasteiger charge is -2.24. The third-order valence-electron chi connectivity index (χ3n) is 4.48. The molecule has 128 valence electrons. The Kier molecular flexibility index (Phi) is 5.13. The van der Waals surface area contributed by atoms with Crippen LogP contribution < -0.4 is 10.2 Å². The summed E-state index contributed by atoms with van der Waals surface area (Å²) in [5.74, 6) is -0.0883. The van der Waals surface area contributed by atoms with Gasteiger partial charge >= 0.3 is 5.97 Å². The molecular weight excluding hydrogens is 306 g/mol. The van der Waals surface area contributed by atoms with Crippen molar-refractivity contribution >= 4 is 17.7 Å². The molecule has 0 spiro atoms. The fourth-order valence-corrected chi connectivity index (χ4v) is 3.26. The van der Waals surface area contributed by atoms with Gasteiger partial charge in [0.25, 0.3) is 5.91 Å². The highest BCUT2D eigenvalue weighted by molar-refractivity contribution is 6.14. The molecule has 3 rings (SSSR count). The van der Waals surface area contributed by atoms with E-state index in [-0.39, 0.29) is 25.1 Å². The van der Waals surface area contributed by atoms with Crippen molar-refractivity contribution in [3.8, 4) is 0 Å². The number of carbonyl (C=O) groups is 2. The van der Waals surface area contributed by atoms with E-state index in [0.717, 1.165) is 25.7 Å². The third kappa shape index (κ3) is 3.42. The maximum atomic E-state index is 12.9. The van der Waals surface area contributed by atoms with E-state index < -0.39 is 5.97 Å². The highest BCUT2D eigenvalue weighted by Crippen LogP contribution is 2.26. The van der Waals surface area contributed by atoms with Crippen LogP contribution in [-0.2, 0) is 14.3 Å². The second-order valence-electron chi connectivity index (χ2n) is 6.13. The number of hydrogen-bond acceptors (Lipinski definition) is 5. The normalized spacial score (nSPS) is 18.9. The van der Waals surface area contributed by atoms with Crippen LogP contribution in [0, 0.1) is 0 Å². The maximum Gasteiger partial charge on any atom is 0.338 e. The van der Waals surface area contributed by atoms with E-state index in [1.54, 1.807) is 25.3 Å². The number of rotatable bonds is 5. The molecule has 0 unspecified atom stereocenters. The highest BCUT2D eigenvalue weighted by atomic mass is 16.5. The molecule has 0 saturated heterocycles. The first-order chi connectivity index (χ1) is 11.7. The van der Waals surface area contributed by atoms with Crippen LogP contribution in [-0.4, -0.2) is 36.1 Å². The number of aromatic nitrogens is 1. The summed E-state index contributed by atoms with van der Waals surface area (Å²) in [5, 5.41) is 3.32. The van der Waals surface area contributed by atoms with Gasteiger partial charge in [-0.2, -0.15) is 0 Å². The molecule has 2 heterocycles. The van der Waals surface area contributed by atoms with Gasteiger partial charge in [0.05, 0.1) is 18.7 Å². The predicted octanol–water partition coefficient (Wildman–Crippen LogP) is 2.17. The van der Waals surface area contributed by atoms with E-state index >= 15 is 0 Å². The molecule has 1 amide bonds. The van der Waals surface area contributed by atoms with Gasteiger partial charge in [0.2, 0.25) is 0 Å². The summed E-state index contributed by atoms with van der Waals surface area (Å²) < 4.78 is 5.14. The molecule has 1 aromatic heterocycles. The predicted molar refractivity (Wildman–Crippen MR) is 90.3 cm³/mol. The number of nitrogens with one attached hydrogen (secondary N) is 1. The van der Waals surface area contributed by atoms with Gasteiger partial charge in [-0.3, -0.25) is 9.69 Å². The Labute approximate surface area is 141 Å². The Balaban J connectivity index is 1.84. The van der Waals surface area contributed by atoms with E-state index in [2.05, 4.69) is 10.3 Å². The number of esters is 1. The van der Waals surface area contributed by atoms with Crippen molar-refractivity contribution in [2.24, 2.45) is 0 Å². The zero-order valence-electron chi connectivity index (χ0n) is 14.0. The summed E-state index contributed by atoms with van der Waals surface area (Å²) >= 11 is 0. The van der Waals surface area contributed by atoms with Gasteiger partial charge in [-0.25, -0.2) is 9.78 Å². The Morgan fingerprint density at radius 2 is 2.12 bits per heavy atom. The lowest BCUT2D eigenvalue weighted by Crippen LogP contribution is -2.36. The van der Waals surface area contributed by atoms with Crippen LogP contribution in [0.4, 0.5) is 5.82 Å². The van der Waals surface area contributed by atoms with Crippen molar-refractivity contribution in [1.82, 2.24) is 10.3 Å². The molecule has 0 radical (unpaired) electrons. The Morgan fingerprint density at radius 3 is 2.79 bits per heavy atom. The summed E-state index contributed by atoms with van der Waals surface area (Å²) in [6.07, 6.45) is 7.22. The molecule has 2 aliphatic rings. The average Bonchev–Trinajstić information content (AvgIpc) is 2.94. The van der Waals surface area contributed by atoms with Gasteiger partial charge in [0.1, 0.15) is 11.5 Å². The molecule has 1 aliphatic carbocycles. The second-order valence-corrected chi connectivity index (χ2v) is 6.13. The van der Waals surface area contributed by atoms with Crippen LogP contribution in [0.15, 0.2) is 35.7 Å². The number of carbonyl (C=O) groups excluding carboxylic acids is 2. The number of pyridine rings is 1. The van der Waals surface area contributed by atoms with E-state index in [4.69, 9.17) is 4.74 Å². The molecule has 24 heavy (non-hydrogen) atoms. The summed E-state index contributed by atoms with van der Waals surface area (Å²) in [5.41, 5.74) is 0.782. The van der Waals surface area contributed by atoms with Gasteiger partial charge < -0.3 is 10.1 Å². The van der Waals surface area contributed by atoms with Crippen LogP contribution in [0.25, 0.3) is 0 Å². The van der Waals surface area contributed by atoms with Gasteiger partial charge in [-0.05, 0) is 31.9 Å². The molecule has 0 atom stereocenters. The van der Waals surface area contributed by atoms with Crippen LogP contribution in [0.1, 0.15) is 39.0 Å². The Hall–Kier alpha value is -2.37. The molecular formula is C18H23N3O3. The largest absolute Gasteiger partial charge is 0.463 e. The zero-order chi connectivity index (χ0) is 16.9. The lowest BCUT2D eigenvalue weighted by atomic mass is 9.95. The number of ether oxygens (including phenoxy) is 1. The molecule has 0 aromatic carbocycles. The van der Waals surface area contributed by atoms with Crippen molar-refractivity contribution in [3.05, 3.63) is 35.7 Å². The molecule has 1 N–H and O–H groups in total. The topological polar surface area (TPSA) is 71.5 Å². The van der Waals surface area contributed by atoms with Crippen LogP contribution in [0.3, 0.4) is 0 Å². The monoisotopic (exact) mass is 329 g/mol. The molecule has 6 nitrogen and oxygen atoms in total. The first-order valence-electron chi connectivity index (χ1n) is 8.60. The van der Waals surface area contributed by atoms with Gasteiger partial charge in [-0.15, -0.1) is 0 Å². The fraction of sp³-hybridized carbons (Fsp3) is 0.500. The quantitative estimate of drug-likeness (QED) is 0.838. The number of hydrogen-bond donors (Lipinski definition) is 1. The minimum atomic E-state index is -0.428. The first-order valence-corrected chi connectivity index (χ1v) is 8.60. The van der Waals surface area contributed by atoms with Crippen molar-refractivity contribution in [2.75, 3.05) is 18.1 Å². The molecule has 6 heteroatoms. The average molecular weight is 329 g/mol. The van der Waals surface area contributed by atoms with Gasteiger partial charge in [0.15, 0.2) is 0 Å². The van der Waals surface area contributed by atoms with E-state index in [0.29, 0.717) is 17.1 Å². The minimum Gasteiger partial charge on any atom is -0.463 e. The number of amides is 1. The summed E-state index contributed by atoms with van der Waals surface area (Å²) in [6, 6.07) is 5.63. The van der Waals surface area contributed by atoms with Crippen LogP contribution in [0.2, 0.25) is 0 Å². The third-order valence-corrected chi connectivity index (χ3v) is 4.48. The molecule has 1 fully saturated rings. The molecule has 1 aliphatic heterocycles. The summed E-state index contributed by atoms with van der Waals surface area (Å²) in [6.45, 7) is 2.25.